The van der Waals surface area contributed by atoms with Gasteiger partial charge in [-0.15, -0.1) is 0 Å². The van der Waals surface area contributed by atoms with Crippen LogP contribution in [0.5, 0.6) is 0 Å². The Labute approximate surface area is 285 Å². The van der Waals surface area contributed by atoms with Crippen molar-refractivity contribution in [1.82, 2.24) is 0 Å². The van der Waals surface area contributed by atoms with Gasteiger partial charge in [0.25, 0.3) is 0 Å². The first kappa shape index (κ1) is 39.5. The second-order valence-electron chi connectivity index (χ2n) is 14.7. The summed E-state index contributed by atoms with van der Waals surface area (Å²) in [6, 6.07) is 0. The Balaban J connectivity index is 2.41. The second kappa shape index (κ2) is 16.2. The molecular weight excluding hydrogens is 620 g/mol. The van der Waals surface area contributed by atoms with Gasteiger partial charge in [-0.1, -0.05) is 61.5 Å². The van der Waals surface area contributed by atoms with Crippen LogP contribution in [0.3, 0.4) is 0 Å². The Bertz CT molecular complexity index is 1230. The highest BCUT2D eigenvalue weighted by atomic mass is 16.6. The lowest BCUT2D eigenvalue weighted by Gasteiger charge is -2.58. The van der Waals surface area contributed by atoms with Crippen LogP contribution >= 0.6 is 0 Å². The van der Waals surface area contributed by atoms with Gasteiger partial charge in [-0.05, 0) is 55.9 Å². The number of carbonyl (C=O) groups is 5. The molecule has 11 heteroatoms. The summed E-state index contributed by atoms with van der Waals surface area (Å²) in [5, 5.41) is 11.7. The van der Waals surface area contributed by atoms with Gasteiger partial charge >= 0.3 is 29.8 Å². The second-order valence-corrected chi connectivity index (χ2v) is 14.7. The quantitative estimate of drug-likeness (QED) is 0.147. The first-order chi connectivity index (χ1) is 22.5. The summed E-state index contributed by atoms with van der Waals surface area (Å²) in [6.45, 7) is 18.2. The van der Waals surface area contributed by atoms with E-state index in [1.807, 2.05) is 54.5 Å². The number of hydrogen-bond acceptors (Lipinski definition) is 11. The zero-order chi connectivity index (χ0) is 36.1. The molecule has 0 aliphatic heterocycles. The molecular formula is C37H58O11. The van der Waals surface area contributed by atoms with Crippen LogP contribution in [0.2, 0.25) is 0 Å². The Morgan fingerprint density at radius 2 is 1.31 bits per heavy atom. The van der Waals surface area contributed by atoms with Crippen molar-refractivity contribution in [3.63, 3.8) is 0 Å². The molecule has 0 aromatic carbocycles. The summed E-state index contributed by atoms with van der Waals surface area (Å²) >= 11 is 0. The highest BCUT2D eigenvalue weighted by Gasteiger charge is 2.74. The van der Waals surface area contributed by atoms with Crippen molar-refractivity contribution < 1.29 is 52.8 Å². The van der Waals surface area contributed by atoms with E-state index < -0.39 is 95.1 Å². The van der Waals surface area contributed by atoms with Gasteiger partial charge in [0.2, 0.25) is 0 Å². The monoisotopic (exact) mass is 678 g/mol. The number of esters is 5. The zero-order valence-corrected chi connectivity index (χ0v) is 30.5. The van der Waals surface area contributed by atoms with Crippen molar-refractivity contribution in [3.8, 4) is 0 Å². The lowest BCUT2D eigenvalue weighted by Crippen LogP contribution is -2.63. The van der Waals surface area contributed by atoms with E-state index >= 15 is 0 Å². The van der Waals surface area contributed by atoms with E-state index in [4.69, 9.17) is 23.7 Å². The van der Waals surface area contributed by atoms with Crippen LogP contribution in [-0.4, -0.2) is 71.6 Å². The molecule has 0 aromatic heterocycles. The Morgan fingerprint density at radius 1 is 0.792 bits per heavy atom. The van der Waals surface area contributed by atoms with Gasteiger partial charge in [-0.25, -0.2) is 0 Å². The Morgan fingerprint density at radius 3 is 1.81 bits per heavy atom. The largest absolute Gasteiger partial charge is 0.462 e. The number of aliphatic hydroxyl groups excluding tert-OH is 1. The zero-order valence-electron chi connectivity index (χ0n) is 30.5. The van der Waals surface area contributed by atoms with Crippen molar-refractivity contribution in [3.05, 3.63) is 11.6 Å². The molecule has 0 aromatic rings. The number of carbonyl (C=O) groups excluding carboxylic acids is 5. The molecule has 0 spiro atoms. The number of hydrogen-bond donors (Lipinski definition) is 1. The van der Waals surface area contributed by atoms with Crippen molar-refractivity contribution in [2.75, 3.05) is 0 Å². The lowest BCUT2D eigenvalue weighted by atomic mass is 9.49. The van der Waals surface area contributed by atoms with E-state index in [9.17, 15) is 29.1 Å². The first-order valence-electron chi connectivity index (χ1n) is 17.8. The van der Waals surface area contributed by atoms with Crippen molar-refractivity contribution in [2.45, 2.75) is 157 Å². The molecule has 0 bridgehead atoms. The molecule has 3 aliphatic carbocycles. The van der Waals surface area contributed by atoms with E-state index in [1.165, 1.54) is 6.92 Å². The van der Waals surface area contributed by atoms with Gasteiger partial charge < -0.3 is 28.8 Å². The van der Waals surface area contributed by atoms with Crippen molar-refractivity contribution in [2.24, 2.45) is 34.5 Å². The molecule has 272 valence electrons. The Kier molecular flexibility index (Phi) is 13.3. The highest BCUT2D eigenvalue weighted by molar-refractivity contribution is 5.72. The summed E-state index contributed by atoms with van der Waals surface area (Å²) in [5.41, 5.74) is -1.60. The molecule has 3 rings (SSSR count). The van der Waals surface area contributed by atoms with E-state index in [2.05, 4.69) is 0 Å². The maximum atomic E-state index is 13.4. The molecule has 0 saturated heterocycles. The minimum Gasteiger partial charge on any atom is -0.462 e. The fourth-order valence-electron chi connectivity index (χ4n) is 8.62. The van der Waals surface area contributed by atoms with Crippen LogP contribution in [0.25, 0.3) is 0 Å². The predicted octanol–water partition coefficient (Wildman–Crippen LogP) is 5.63. The van der Waals surface area contributed by atoms with Gasteiger partial charge in [-0.3, -0.25) is 24.0 Å². The average Bonchev–Trinajstić information content (AvgIpc) is 3.20. The maximum absolute atomic E-state index is 13.4. The van der Waals surface area contributed by atoms with Crippen LogP contribution in [0.15, 0.2) is 11.6 Å². The van der Waals surface area contributed by atoms with E-state index in [0.29, 0.717) is 24.8 Å². The fraction of sp³-hybridized carbons (Fsp3) is 0.811. The van der Waals surface area contributed by atoms with E-state index in [-0.39, 0.29) is 38.0 Å². The molecule has 11 atom stereocenters. The molecule has 11 nitrogen and oxygen atoms in total. The van der Waals surface area contributed by atoms with Crippen LogP contribution in [0.1, 0.15) is 121 Å². The van der Waals surface area contributed by atoms with Gasteiger partial charge in [0.1, 0.15) is 30.5 Å². The summed E-state index contributed by atoms with van der Waals surface area (Å²) in [6.07, 6.45) is -2.13. The average molecular weight is 679 g/mol. The number of allylic oxidation sites excluding steroid dienone is 1. The van der Waals surface area contributed by atoms with Gasteiger partial charge in [0, 0.05) is 49.4 Å². The summed E-state index contributed by atoms with van der Waals surface area (Å²) in [5.74, 6) is -3.94. The third-order valence-corrected chi connectivity index (χ3v) is 10.8. The minimum absolute atomic E-state index is 0.0887. The molecule has 0 amide bonds. The van der Waals surface area contributed by atoms with Crippen LogP contribution in [0, 0.1) is 34.5 Å². The van der Waals surface area contributed by atoms with E-state index in [0.717, 1.165) is 0 Å². The number of aliphatic hydroxyl groups is 1. The standard InChI is InChI=1S/C37H58O11/c1-11-15-26(40)45-24-19-36(9)23(18-21(7)31(43)33(44-22(8)38)34(36)48-28(42)17-13-3)30-29(20(5)6)32(46-27(41)16-12-2)35(37(24,30)10)47-25(39)14-4/h18,20,23-24,29-35,43H,11-17,19H2,1-10H3/t23-,24-,29+,30+,31-,32+,33-,34+,35-,36+,37-/m0/s1. The van der Waals surface area contributed by atoms with Crippen LogP contribution in [-0.2, 0) is 47.7 Å². The lowest BCUT2D eigenvalue weighted by molar-refractivity contribution is -0.226. The van der Waals surface area contributed by atoms with Gasteiger partial charge in [-0.2, -0.15) is 0 Å². The maximum Gasteiger partial charge on any atom is 0.306 e. The topological polar surface area (TPSA) is 152 Å². The van der Waals surface area contributed by atoms with Gasteiger partial charge in [0.15, 0.2) is 6.10 Å². The molecule has 0 heterocycles. The number of rotatable bonds is 13. The van der Waals surface area contributed by atoms with Crippen LogP contribution < -0.4 is 0 Å². The molecule has 0 unspecified atom stereocenters. The summed E-state index contributed by atoms with van der Waals surface area (Å²) < 4.78 is 30.8. The third-order valence-electron chi connectivity index (χ3n) is 10.8. The molecule has 2 saturated carbocycles. The minimum atomic E-state index is -1.30. The van der Waals surface area contributed by atoms with Crippen LogP contribution in [0.4, 0.5) is 0 Å². The molecule has 48 heavy (non-hydrogen) atoms. The fourth-order valence-corrected chi connectivity index (χ4v) is 8.62. The number of ether oxygens (including phenoxy) is 5. The molecule has 3 aliphatic rings. The van der Waals surface area contributed by atoms with Crippen molar-refractivity contribution in [1.29, 1.82) is 0 Å². The molecule has 2 fully saturated rings. The number of fused-ring (bicyclic) bond motifs is 3. The normalized spacial score (nSPS) is 35.8. The van der Waals surface area contributed by atoms with Gasteiger partial charge in [0.05, 0.1) is 0 Å². The van der Waals surface area contributed by atoms with E-state index in [1.54, 1.807) is 13.8 Å². The molecule has 0 radical (unpaired) electrons. The summed E-state index contributed by atoms with van der Waals surface area (Å²) in [4.78, 5) is 65.4. The molecule has 1 N–H and O–H groups in total. The SMILES string of the molecule is CCCC(=O)O[C@@H]1[C@H](C(C)C)[C@H]2[C@@H]3C=C(C)[C@H](O)[C@H](OC(C)=O)[C@@H](OC(=O)CCC)[C@]3(C)C[C@H](OC(=O)CCC)[C@]2(C)[C@H]1OC(=O)CC. The smallest absolute Gasteiger partial charge is 0.306 e. The van der Waals surface area contributed by atoms with Crippen molar-refractivity contribution >= 4 is 29.8 Å². The Hall–Kier alpha value is -2.95. The highest BCUT2D eigenvalue weighted by Crippen LogP contribution is 2.67. The third kappa shape index (κ3) is 7.76. The first-order valence-corrected chi connectivity index (χ1v) is 17.8. The summed E-state index contributed by atoms with van der Waals surface area (Å²) in [7, 11) is 0. The predicted molar refractivity (Wildman–Crippen MR) is 176 cm³/mol.